The molecule has 1 amide bonds. The average Bonchev–Trinajstić information content (AvgIpc) is 3.26. The number of thiazole rings is 1. The minimum absolute atomic E-state index is 0.0348. The second-order valence-electron chi connectivity index (χ2n) is 6.77. The smallest absolute Gasteiger partial charge is 0.225 e. The average molecular weight is 393 g/mol. The number of fused-ring (bicyclic) bond motifs is 1. The Morgan fingerprint density at radius 3 is 2.64 bits per heavy atom. The molecule has 4 nitrogen and oxygen atoms in total. The minimum Gasteiger partial charge on any atom is -0.355 e. The van der Waals surface area contributed by atoms with Gasteiger partial charge in [-0.05, 0) is 31.0 Å². The SMILES string of the molecule is Cc1ccc(-c2cn3c(CC(=O)NCCc4ccc(F)cc4)csc3n2)cc1. The van der Waals surface area contributed by atoms with Crippen LogP contribution in [0.4, 0.5) is 4.39 Å². The molecule has 28 heavy (non-hydrogen) atoms. The number of benzene rings is 2. The van der Waals surface area contributed by atoms with Crippen LogP contribution >= 0.6 is 11.3 Å². The lowest BCUT2D eigenvalue weighted by Gasteiger charge is -2.05. The predicted octanol–water partition coefficient (Wildman–Crippen LogP) is 4.41. The van der Waals surface area contributed by atoms with Gasteiger partial charge in [0.05, 0.1) is 12.1 Å². The van der Waals surface area contributed by atoms with Crippen LogP contribution in [0.5, 0.6) is 0 Å². The van der Waals surface area contributed by atoms with Gasteiger partial charge in [0.1, 0.15) is 5.82 Å². The van der Waals surface area contributed by atoms with Crippen LogP contribution in [-0.4, -0.2) is 21.8 Å². The van der Waals surface area contributed by atoms with E-state index in [2.05, 4.69) is 41.5 Å². The van der Waals surface area contributed by atoms with Crippen LogP contribution in [-0.2, 0) is 17.6 Å². The molecule has 2 aromatic carbocycles. The highest BCUT2D eigenvalue weighted by Gasteiger charge is 2.12. The second kappa shape index (κ2) is 7.94. The van der Waals surface area contributed by atoms with Crippen molar-refractivity contribution < 1.29 is 9.18 Å². The number of hydrogen-bond acceptors (Lipinski definition) is 3. The summed E-state index contributed by atoms with van der Waals surface area (Å²) >= 11 is 1.53. The first-order chi connectivity index (χ1) is 13.6. The number of hydrogen-bond donors (Lipinski definition) is 1. The van der Waals surface area contributed by atoms with Crippen LogP contribution in [0.3, 0.4) is 0 Å². The van der Waals surface area contributed by atoms with Gasteiger partial charge in [-0.25, -0.2) is 9.37 Å². The molecular weight excluding hydrogens is 373 g/mol. The Hall–Kier alpha value is -2.99. The van der Waals surface area contributed by atoms with Gasteiger partial charge in [0.25, 0.3) is 0 Å². The Balaban J connectivity index is 1.39. The molecule has 0 aliphatic rings. The number of nitrogens with one attached hydrogen (secondary N) is 1. The lowest BCUT2D eigenvalue weighted by Crippen LogP contribution is -2.27. The molecule has 0 saturated carbocycles. The minimum atomic E-state index is -0.250. The number of imidazole rings is 1. The van der Waals surface area contributed by atoms with E-state index < -0.39 is 0 Å². The molecule has 4 rings (SSSR count). The number of nitrogens with zero attached hydrogens (tertiary/aromatic N) is 2. The third kappa shape index (κ3) is 4.12. The van der Waals surface area contributed by atoms with Crippen molar-refractivity contribution in [3.63, 3.8) is 0 Å². The molecule has 0 fully saturated rings. The number of aryl methyl sites for hydroxylation is 1. The molecule has 2 aromatic heterocycles. The normalized spacial score (nSPS) is 11.1. The first kappa shape index (κ1) is 18.4. The van der Waals surface area contributed by atoms with Crippen LogP contribution in [0.2, 0.25) is 0 Å². The monoisotopic (exact) mass is 393 g/mol. The predicted molar refractivity (Wildman–Crippen MR) is 110 cm³/mol. The van der Waals surface area contributed by atoms with Crippen LogP contribution in [0, 0.1) is 12.7 Å². The molecule has 0 spiro atoms. The van der Waals surface area contributed by atoms with Crippen LogP contribution < -0.4 is 5.32 Å². The van der Waals surface area contributed by atoms with Crippen LogP contribution in [0.15, 0.2) is 60.1 Å². The summed E-state index contributed by atoms with van der Waals surface area (Å²) < 4.78 is 14.9. The number of carbonyl (C=O) groups excluding carboxylic acids is 1. The van der Waals surface area contributed by atoms with E-state index in [0.29, 0.717) is 19.4 Å². The van der Waals surface area contributed by atoms with E-state index in [0.717, 1.165) is 27.5 Å². The number of carbonyl (C=O) groups is 1. The highest BCUT2D eigenvalue weighted by atomic mass is 32.1. The van der Waals surface area contributed by atoms with Crippen LogP contribution in [0.1, 0.15) is 16.8 Å². The molecule has 4 aromatic rings. The van der Waals surface area contributed by atoms with Crippen molar-refractivity contribution in [2.24, 2.45) is 0 Å². The number of amides is 1. The number of aromatic nitrogens is 2. The first-order valence-corrected chi connectivity index (χ1v) is 10.00. The van der Waals surface area contributed by atoms with Gasteiger partial charge < -0.3 is 5.32 Å². The Morgan fingerprint density at radius 2 is 1.89 bits per heavy atom. The molecule has 142 valence electrons. The zero-order valence-corrected chi connectivity index (χ0v) is 16.3. The first-order valence-electron chi connectivity index (χ1n) is 9.12. The van der Waals surface area contributed by atoms with Gasteiger partial charge in [-0.2, -0.15) is 0 Å². The fourth-order valence-corrected chi connectivity index (χ4v) is 3.92. The second-order valence-corrected chi connectivity index (χ2v) is 7.61. The summed E-state index contributed by atoms with van der Waals surface area (Å²) in [5.41, 5.74) is 5.10. The van der Waals surface area contributed by atoms with Gasteiger partial charge in [-0.15, -0.1) is 11.3 Å². The highest BCUT2D eigenvalue weighted by Crippen LogP contribution is 2.24. The molecular formula is C22H20FN3OS. The van der Waals surface area contributed by atoms with E-state index in [4.69, 9.17) is 0 Å². The summed E-state index contributed by atoms with van der Waals surface area (Å²) in [5, 5.41) is 4.90. The topological polar surface area (TPSA) is 46.4 Å². The largest absolute Gasteiger partial charge is 0.355 e. The van der Waals surface area contributed by atoms with Crippen molar-refractivity contribution in [3.8, 4) is 11.3 Å². The molecule has 0 atom stereocenters. The molecule has 6 heteroatoms. The molecule has 0 bridgehead atoms. The lowest BCUT2D eigenvalue weighted by molar-refractivity contribution is -0.120. The van der Waals surface area contributed by atoms with E-state index >= 15 is 0 Å². The number of halogens is 1. The van der Waals surface area contributed by atoms with E-state index in [1.54, 1.807) is 12.1 Å². The summed E-state index contributed by atoms with van der Waals surface area (Å²) in [5.74, 6) is -0.285. The van der Waals surface area contributed by atoms with Crippen molar-refractivity contribution in [3.05, 3.63) is 82.7 Å². The summed E-state index contributed by atoms with van der Waals surface area (Å²) in [7, 11) is 0. The summed E-state index contributed by atoms with van der Waals surface area (Å²) in [6.07, 6.45) is 2.96. The third-order valence-corrected chi connectivity index (χ3v) is 5.51. The Kier molecular flexibility index (Phi) is 5.21. The van der Waals surface area contributed by atoms with Crippen molar-refractivity contribution in [2.75, 3.05) is 6.54 Å². The highest BCUT2D eigenvalue weighted by molar-refractivity contribution is 7.15. The maximum Gasteiger partial charge on any atom is 0.225 e. The standard InChI is InChI=1S/C22H20FN3OS/c1-15-2-6-17(7-3-15)20-13-26-19(14-28-22(26)25-20)12-21(27)24-11-10-16-4-8-18(23)9-5-16/h2-9,13-14H,10-12H2,1H3,(H,24,27). The van der Waals surface area contributed by atoms with E-state index in [1.807, 2.05) is 16.0 Å². The molecule has 2 heterocycles. The lowest BCUT2D eigenvalue weighted by atomic mass is 10.1. The molecule has 0 radical (unpaired) electrons. The van der Waals surface area contributed by atoms with Gasteiger partial charge in [0.15, 0.2) is 4.96 Å². The van der Waals surface area contributed by atoms with Crippen molar-refractivity contribution in [1.82, 2.24) is 14.7 Å². The molecule has 1 N–H and O–H groups in total. The summed E-state index contributed by atoms with van der Waals surface area (Å²) in [4.78, 5) is 17.9. The maximum atomic E-state index is 12.9. The summed E-state index contributed by atoms with van der Waals surface area (Å²) in [6.45, 7) is 2.58. The van der Waals surface area contributed by atoms with E-state index in [1.165, 1.54) is 29.0 Å². The summed E-state index contributed by atoms with van der Waals surface area (Å²) in [6, 6.07) is 14.6. The maximum absolute atomic E-state index is 12.9. The zero-order chi connectivity index (χ0) is 19.5. The van der Waals surface area contributed by atoms with E-state index in [-0.39, 0.29) is 11.7 Å². The van der Waals surface area contributed by atoms with Crippen molar-refractivity contribution >= 4 is 22.2 Å². The zero-order valence-electron chi connectivity index (χ0n) is 15.5. The molecule has 0 aliphatic carbocycles. The Bertz CT molecular complexity index is 1100. The van der Waals surface area contributed by atoms with E-state index in [9.17, 15) is 9.18 Å². The molecule has 0 unspecified atom stereocenters. The van der Waals surface area contributed by atoms with Gasteiger partial charge in [0.2, 0.25) is 5.91 Å². The van der Waals surface area contributed by atoms with Crippen molar-refractivity contribution in [1.29, 1.82) is 0 Å². The fraction of sp³-hybridized carbons (Fsp3) is 0.182. The van der Waals surface area contributed by atoms with Gasteiger partial charge in [-0.3, -0.25) is 9.20 Å². The Morgan fingerprint density at radius 1 is 1.14 bits per heavy atom. The molecule has 0 saturated heterocycles. The fourth-order valence-electron chi connectivity index (χ4n) is 3.04. The third-order valence-electron chi connectivity index (χ3n) is 4.62. The van der Waals surface area contributed by atoms with Gasteiger partial charge in [0, 0.05) is 29.4 Å². The van der Waals surface area contributed by atoms with Gasteiger partial charge >= 0.3 is 0 Å². The number of rotatable bonds is 6. The van der Waals surface area contributed by atoms with Crippen LogP contribution in [0.25, 0.3) is 16.2 Å². The molecule has 0 aliphatic heterocycles. The van der Waals surface area contributed by atoms with Crippen molar-refractivity contribution in [2.45, 2.75) is 19.8 Å². The Labute approximate surface area is 166 Å². The van der Waals surface area contributed by atoms with Gasteiger partial charge in [-0.1, -0.05) is 42.0 Å². The quantitative estimate of drug-likeness (QED) is 0.527.